The van der Waals surface area contributed by atoms with Crippen LogP contribution in [0.25, 0.3) is 6.08 Å². The van der Waals surface area contributed by atoms with E-state index in [4.69, 9.17) is 4.74 Å². The van der Waals surface area contributed by atoms with Gasteiger partial charge in [0.25, 0.3) is 0 Å². The monoisotopic (exact) mass is 579 g/mol. The maximum Gasteiger partial charge on any atom is 0.423 e. The van der Waals surface area contributed by atoms with Gasteiger partial charge >= 0.3 is 6.09 Å². The first-order chi connectivity index (χ1) is 17.7. The van der Waals surface area contributed by atoms with Crippen LogP contribution in [0.5, 0.6) is 5.75 Å². The molecule has 37 heavy (non-hydrogen) atoms. The van der Waals surface area contributed by atoms with E-state index in [-0.39, 0.29) is 18.8 Å². The number of nitrogens with zero attached hydrogens (tertiary/aromatic N) is 1. The predicted octanol–water partition coefficient (Wildman–Crippen LogP) is 3.80. The van der Waals surface area contributed by atoms with Gasteiger partial charge in [0.05, 0.1) is 38.3 Å². The van der Waals surface area contributed by atoms with E-state index in [1.807, 2.05) is 19.1 Å². The summed E-state index contributed by atoms with van der Waals surface area (Å²) in [6.07, 6.45) is 2.45. The average Bonchev–Trinajstić information content (AvgIpc) is 3.12. The van der Waals surface area contributed by atoms with E-state index in [1.165, 1.54) is 7.11 Å². The number of carbonyl (C=O) groups excluding carboxylic acids is 3. The summed E-state index contributed by atoms with van der Waals surface area (Å²) < 4.78 is 10.8. The molecule has 3 rings (SSSR count). The number of phenolic OH excluding ortho intramolecular Hbond substituents is 1. The van der Waals surface area contributed by atoms with E-state index in [9.17, 15) is 29.7 Å². The second-order valence-corrected chi connectivity index (χ2v) is 10.3. The Morgan fingerprint density at radius 1 is 1.24 bits per heavy atom. The topological polar surface area (TPSA) is 134 Å². The molecule has 0 bridgehead atoms. The summed E-state index contributed by atoms with van der Waals surface area (Å²) >= 11 is 3.42. The molecule has 9 nitrogen and oxygen atoms in total. The average molecular weight is 580 g/mol. The van der Waals surface area contributed by atoms with Gasteiger partial charge in [-0.15, -0.1) is 0 Å². The number of likely N-dealkylation sites (tertiary alicyclic amines) is 1. The van der Waals surface area contributed by atoms with Crippen molar-refractivity contribution >= 4 is 39.9 Å². The molecule has 1 saturated heterocycles. The van der Waals surface area contributed by atoms with Crippen LogP contribution in [0.2, 0.25) is 0 Å². The van der Waals surface area contributed by atoms with Crippen LogP contribution < -0.4 is 0 Å². The summed E-state index contributed by atoms with van der Waals surface area (Å²) in [5.74, 6) is -3.87. The zero-order valence-corrected chi connectivity index (χ0v) is 22.9. The van der Waals surface area contributed by atoms with Gasteiger partial charge in [-0.2, -0.15) is 4.90 Å². The van der Waals surface area contributed by atoms with Gasteiger partial charge in [0.2, 0.25) is 11.8 Å². The maximum atomic E-state index is 13.1. The molecule has 0 spiro atoms. The minimum atomic E-state index is -1.05. The number of benzene rings is 1. The van der Waals surface area contributed by atoms with Crippen LogP contribution in [0.3, 0.4) is 0 Å². The lowest BCUT2D eigenvalue weighted by molar-refractivity contribution is -0.137. The molecule has 0 aromatic heterocycles. The lowest BCUT2D eigenvalue weighted by Gasteiger charge is -2.36. The van der Waals surface area contributed by atoms with Crippen molar-refractivity contribution in [3.63, 3.8) is 0 Å². The first-order valence-electron chi connectivity index (χ1n) is 12.3. The van der Waals surface area contributed by atoms with E-state index in [0.717, 1.165) is 30.0 Å². The summed E-state index contributed by atoms with van der Waals surface area (Å²) in [7, 11) is 2.58. The molecule has 4 atom stereocenters. The van der Waals surface area contributed by atoms with Crippen molar-refractivity contribution in [3.05, 3.63) is 45.0 Å². The molecule has 1 aliphatic heterocycles. The standard InChI is InChI=1S/C27H34BrNO8/c1-4-5-15(10-16-11-18(28)7-9-21(16)31)6-8-22(32)23-17(14-36-2)12-19-24(20(23)13-30)26(34)29(25(19)33)27(35)37-3/h7,9-11,19-20,22,24,30-32H,4-6,8,12-14H2,1-3H3/b15-10+/t19-,20+,22-,24-/m1/s1. The Bertz CT molecular complexity index is 1100. The van der Waals surface area contributed by atoms with Crippen molar-refractivity contribution in [1.82, 2.24) is 4.90 Å². The number of aliphatic hydroxyl groups excluding tert-OH is 2. The fourth-order valence-electron chi connectivity index (χ4n) is 5.47. The third kappa shape index (κ3) is 6.14. The molecular weight excluding hydrogens is 546 g/mol. The lowest BCUT2D eigenvalue weighted by atomic mass is 9.68. The number of amides is 3. The number of carbonyl (C=O) groups is 3. The number of aromatic hydroxyl groups is 1. The molecule has 0 unspecified atom stereocenters. The van der Waals surface area contributed by atoms with Gasteiger partial charge in [0, 0.05) is 23.1 Å². The molecule has 0 saturated carbocycles. The van der Waals surface area contributed by atoms with Crippen molar-refractivity contribution in [1.29, 1.82) is 0 Å². The molecule has 10 heteroatoms. The minimum Gasteiger partial charge on any atom is -0.507 e. The summed E-state index contributed by atoms with van der Waals surface area (Å²) in [4.78, 5) is 38.6. The molecule has 1 fully saturated rings. The summed E-state index contributed by atoms with van der Waals surface area (Å²) in [5.41, 5.74) is 2.83. The normalized spacial score (nSPS) is 22.9. The fourth-order valence-corrected chi connectivity index (χ4v) is 5.85. The van der Waals surface area contributed by atoms with Crippen molar-refractivity contribution in [2.24, 2.45) is 17.8 Å². The van der Waals surface area contributed by atoms with E-state index in [1.54, 1.807) is 12.1 Å². The number of imide groups is 3. The third-order valence-corrected chi connectivity index (χ3v) is 7.57. The quantitative estimate of drug-likeness (QED) is 0.281. The van der Waals surface area contributed by atoms with Crippen LogP contribution >= 0.6 is 15.9 Å². The van der Waals surface area contributed by atoms with E-state index in [2.05, 4.69) is 20.7 Å². The van der Waals surface area contributed by atoms with Crippen molar-refractivity contribution in [2.75, 3.05) is 27.4 Å². The largest absolute Gasteiger partial charge is 0.507 e. The Kier molecular flexibility index (Phi) is 10.1. The van der Waals surface area contributed by atoms with Gasteiger partial charge in [0.1, 0.15) is 5.75 Å². The van der Waals surface area contributed by atoms with Crippen LogP contribution in [0.4, 0.5) is 4.79 Å². The highest BCUT2D eigenvalue weighted by Crippen LogP contribution is 2.46. The number of rotatable bonds is 10. The first kappa shape index (κ1) is 29.0. The van der Waals surface area contributed by atoms with Crippen molar-refractivity contribution in [3.8, 4) is 5.75 Å². The van der Waals surface area contributed by atoms with Gasteiger partial charge in [0.15, 0.2) is 0 Å². The molecular formula is C27H34BrNO8. The minimum absolute atomic E-state index is 0.120. The van der Waals surface area contributed by atoms with Crippen LogP contribution in [0.15, 0.2) is 39.4 Å². The van der Waals surface area contributed by atoms with Crippen LogP contribution in [-0.4, -0.2) is 71.7 Å². The van der Waals surface area contributed by atoms with Gasteiger partial charge in [-0.25, -0.2) is 4.79 Å². The molecule has 202 valence electrons. The Balaban J connectivity index is 1.90. The SMILES string of the molecule is CCC/C(=C\c1cc(Br)ccc1O)CC[C@@H](O)C1=C(COC)C[C@H]2C(=O)N(C(=O)OC)C(=O)[C@H]2[C@H]1CO. The Labute approximate surface area is 224 Å². The number of hydrogen-bond donors (Lipinski definition) is 3. The highest BCUT2D eigenvalue weighted by molar-refractivity contribution is 9.10. The number of hydrogen-bond acceptors (Lipinski definition) is 8. The molecule has 0 radical (unpaired) electrons. The highest BCUT2D eigenvalue weighted by atomic mass is 79.9. The molecule has 3 N–H and O–H groups in total. The Morgan fingerprint density at radius 3 is 2.59 bits per heavy atom. The Hall–Kier alpha value is -2.53. The van der Waals surface area contributed by atoms with Gasteiger partial charge < -0.3 is 24.8 Å². The summed E-state index contributed by atoms with van der Waals surface area (Å²) in [6, 6.07) is 5.18. The number of halogens is 1. The van der Waals surface area contributed by atoms with Crippen LogP contribution in [-0.2, 0) is 19.1 Å². The molecule has 1 aliphatic carbocycles. The molecule has 1 heterocycles. The van der Waals surface area contributed by atoms with Crippen molar-refractivity contribution in [2.45, 2.75) is 45.1 Å². The van der Waals surface area contributed by atoms with E-state index < -0.39 is 48.4 Å². The van der Waals surface area contributed by atoms with Crippen LogP contribution in [0, 0.1) is 17.8 Å². The number of allylic oxidation sites excluding steroid dienone is 1. The fraction of sp³-hybridized carbons (Fsp3) is 0.519. The Morgan fingerprint density at radius 2 is 1.97 bits per heavy atom. The maximum absolute atomic E-state index is 13.1. The summed E-state index contributed by atoms with van der Waals surface area (Å²) in [5, 5.41) is 31.9. The molecule has 1 aromatic carbocycles. The number of fused-ring (bicyclic) bond motifs is 1. The second kappa shape index (κ2) is 12.8. The number of methoxy groups -OCH3 is 2. The van der Waals surface area contributed by atoms with E-state index >= 15 is 0 Å². The van der Waals surface area contributed by atoms with Gasteiger partial charge in [-0.05, 0) is 55.0 Å². The predicted molar refractivity (Wildman–Crippen MR) is 139 cm³/mol. The number of ether oxygens (including phenoxy) is 2. The lowest BCUT2D eigenvalue weighted by Crippen LogP contribution is -2.40. The van der Waals surface area contributed by atoms with Gasteiger partial charge in [-0.3, -0.25) is 9.59 Å². The molecule has 3 amide bonds. The summed E-state index contributed by atoms with van der Waals surface area (Å²) in [6.45, 7) is 1.69. The van der Waals surface area contributed by atoms with Gasteiger partial charge in [-0.1, -0.05) is 40.9 Å². The first-order valence-corrected chi connectivity index (χ1v) is 13.1. The number of aliphatic hydroxyl groups is 2. The molecule has 2 aliphatic rings. The smallest absolute Gasteiger partial charge is 0.423 e. The third-order valence-electron chi connectivity index (χ3n) is 7.07. The zero-order valence-electron chi connectivity index (χ0n) is 21.3. The van der Waals surface area contributed by atoms with Crippen LogP contribution in [0.1, 0.15) is 44.6 Å². The zero-order chi connectivity index (χ0) is 27.3. The highest BCUT2D eigenvalue weighted by Gasteiger charge is 2.57. The second-order valence-electron chi connectivity index (χ2n) is 9.41. The molecule has 1 aromatic rings. The van der Waals surface area contributed by atoms with Crippen molar-refractivity contribution < 1.29 is 39.2 Å². The van der Waals surface area contributed by atoms with E-state index in [0.29, 0.717) is 34.5 Å². The number of phenols is 1.